The minimum absolute atomic E-state index is 0.112. The number of carbonyl (C=O) groups is 2. The number of nitrogens with zero attached hydrogens (tertiary/aromatic N) is 1. The molecular formula is C23H23FN4O4. The zero-order chi connectivity index (χ0) is 23.0. The van der Waals surface area contributed by atoms with Gasteiger partial charge >= 0.3 is 5.97 Å². The second-order valence-electron chi connectivity index (χ2n) is 7.96. The highest BCUT2D eigenvalue weighted by molar-refractivity contribution is 6.07. The maximum absolute atomic E-state index is 13.9. The number of aromatic carboxylic acids is 1. The van der Waals surface area contributed by atoms with Crippen LogP contribution in [0, 0.1) is 5.82 Å². The number of carboxylic acid groups (broad SMARTS) is 1. The summed E-state index contributed by atoms with van der Waals surface area (Å²) in [5.74, 6) is -2.23. The summed E-state index contributed by atoms with van der Waals surface area (Å²) in [5, 5.41) is 15.2. The number of anilines is 2. The lowest BCUT2D eigenvalue weighted by Crippen LogP contribution is -2.25. The SMILES string of the molecule is CNc1cc(F)cc2cc(C(=O)Nc3ccc(C(=O)O)cc3CN(C)C3CC3)c(=O)[nH]c12. The number of nitrogens with one attached hydrogen (secondary N) is 3. The number of aromatic amines is 1. The highest BCUT2D eigenvalue weighted by Gasteiger charge is 2.27. The molecule has 166 valence electrons. The van der Waals surface area contributed by atoms with Gasteiger partial charge in [-0.25, -0.2) is 9.18 Å². The van der Waals surface area contributed by atoms with Crippen LogP contribution in [-0.4, -0.2) is 47.0 Å². The Bertz CT molecular complexity index is 1280. The number of fused-ring (bicyclic) bond motifs is 1. The van der Waals surface area contributed by atoms with E-state index < -0.39 is 23.3 Å². The molecule has 0 spiro atoms. The summed E-state index contributed by atoms with van der Waals surface area (Å²) < 4.78 is 13.9. The Kier molecular flexibility index (Phi) is 5.67. The van der Waals surface area contributed by atoms with Gasteiger partial charge in [-0.15, -0.1) is 0 Å². The molecule has 9 heteroatoms. The van der Waals surface area contributed by atoms with Crippen molar-refractivity contribution in [3.63, 3.8) is 0 Å². The molecule has 1 heterocycles. The van der Waals surface area contributed by atoms with Crippen LogP contribution in [0.4, 0.5) is 15.8 Å². The minimum atomic E-state index is -1.06. The van der Waals surface area contributed by atoms with Crippen LogP contribution in [0.2, 0.25) is 0 Å². The Morgan fingerprint density at radius 3 is 2.59 bits per heavy atom. The number of halogens is 1. The van der Waals surface area contributed by atoms with E-state index in [4.69, 9.17) is 0 Å². The average Bonchev–Trinajstić information content (AvgIpc) is 3.59. The summed E-state index contributed by atoms with van der Waals surface area (Å²) in [4.78, 5) is 41.7. The van der Waals surface area contributed by atoms with Crippen molar-refractivity contribution in [3.8, 4) is 0 Å². The Hall–Kier alpha value is -3.72. The minimum Gasteiger partial charge on any atom is -0.478 e. The first-order valence-electron chi connectivity index (χ1n) is 10.2. The molecule has 8 nitrogen and oxygen atoms in total. The Morgan fingerprint density at radius 2 is 1.94 bits per heavy atom. The van der Waals surface area contributed by atoms with Crippen LogP contribution in [0.15, 0.2) is 41.2 Å². The Balaban J connectivity index is 1.69. The molecule has 4 N–H and O–H groups in total. The molecule has 0 bridgehead atoms. The van der Waals surface area contributed by atoms with Gasteiger partial charge in [-0.1, -0.05) is 0 Å². The smallest absolute Gasteiger partial charge is 0.335 e. The highest BCUT2D eigenvalue weighted by Crippen LogP contribution is 2.29. The zero-order valence-electron chi connectivity index (χ0n) is 17.7. The number of pyridine rings is 1. The van der Waals surface area contributed by atoms with Gasteiger partial charge in [0, 0.05) is 30.7 Å². The molecule has 1 aromatic heterocycles. The van der Waals surface area contributed by atoms with E-state index in [0.29, 0.717) is 40.4 Å². The lowest BCUT2D eigenvalue weighted by Gasteiger charge is -2.19. The van der Waals surface area contributed by atoms with Crippen LogP contribution in [-0.2, 0) is 6.54 Å². The standard InChI is InChI=1S/C23H23FN4O4/c1-25-19-10-15(24)8-13-9-17(22(30)27-20(13)19)21(29)26-18-6-3-12(23(31)32)7-14(18)11-28(2)16-4-5-16/h3,6-10,16,25H,4-5,11H2,1-2H3,(H,26,29)(H,27,30)(H,31,32). The third kappa shape index (κ3) is 4.33. The summed E-state index contributed by atoms with van der Waals surface area (Å²) in [6, 6.07) is 8.71. The summed E-state index contributed by atoms with van der Waals surface area (Å²) in [5.41, 5.74) is 1.17. The summed E-state index contributed by atoms with van der Waals surface area (Å²) >= 11 is 0. The van der Waals surface area contributed by atoms with Crippen molar-refractivity contribution in [2.24, 2.45) is 0 Å². The molecule has 32 heavy (non-hydrogen) atoms. The molecular weight excluding hydrogens is 415 g/mol. The largest absolute Gasteiger partial charge is 0.478 e. The molecule has 0 atom stereocenters. The molecule has 0 aliphatic heterocycles. The van der Waals surface area contributed by atoms with Crippen LogP contribution in [0.1, 0.15) is 39.1 Å². The van der Waals surface area contributed by atoms with Gasteiger partial charge in [0.2, 0.25) is 0 Å². The predicted molar refractivity (Wildman–Crippen MR) is 120 cm³/mol. The van der Waals surface area contributed by atoms with Crippen molar-refractivity contribution in [2.75, 3.05) is 24.7 Å². The molecule has 1 aliphatic rings. The molecule has 1 fully saturated rings. The van der Waals surface area contributed by atoms with Crippen molar-refractivity contribution in [2.45, 2.75) is 25.4 Å². The first-order valence-corrected chi connectivity index (χ1v) is 10.2. The fourth-order valence-corrected chi connectivity index (χ4v) is 3.73. The van der Waals surface area contributed by atoms with E-state index in [1.54, 1.807) is 7.05 Å². The molecule has 1 aliphatic carbocycles. The van der Waals surface area contributed by atoms with Gasteiger partial charge < -0.3 is 20.7 Å². The van der Waals surface area contributed by atoms with Gasteiger partial charge in [0.1, 0.15) is 11.4 Å². The number of H-pyrrole nitrogens is 1. The van der Waals surface area contributed by atoms with Gasteiger partial charge in [0.05, 0.1) is 16.8 Å². The number of rotatable bonds is 7. The second-order valence-corrected chi connectivity index (χ2v) is 7.96. The van der Waals surface area contributed by atoms with E-state index in [1.807, 2.05) is 7.05 Å². The van der Waals surface area contributed by atoms with Crippen molar-refractivity contribution < 1.29 is 19.1 Å². The average molecular weight is 438 g/mol. The van der Waals surface area contributed by atoms with E-state index in [0.717, 1.165) is 12.8 Å². The van der Waals surface area contributed by atoms with Crippen LogP contribution in [0.3, 0.4) is 0 Å². The third-order valence-corrected chi connectivity index (χ3v) is 5.62. The molecule has 0 radical (unpaired) electrons. The van der Waals surface area contributed by atoms with Gasteiger partial charge in [0.15, 0.2) is 0 Å². The fraction of sp³-hybridized carbons (Fsp3) is 0.261. The quantitative estimate of drug-likeness (QED) is 0.450. The summed E-state index contributed by atoms with van der Waals surface area (Å²) in [7, 11) is 3.55. The maximum atomic E-state index is 13.9. The monoisotopic (exact) mass is 438 g/mol. The lowest BCUT2D eigenvalue weighted by molar-refractivity contribution is 0.0696. The molecule has 4 rings (SSSR count). The molecule has 1 amide bonds. The maximum Gasteiger partial charge on any atom is 0.335 e. The van der Waals surface area contributed by atoms with Crippen molar-refractivity contribution in [1.82, 2.24) is 9.88 Å². The number of benzene rings is 2. The van der Waals surface area contributed by atoms with Crippen LogP contribution < -0.4 is 16.2 Å². The number of carbonyl (C=O) groups excluding carboxylic acids is 1. The number of carboxylic acids is 1. The van der Waals surface area contributed by atoms with E-state index in [2.05, 4.69) is 20.5 Å². The predicted octanol–water partition coefficient (Wildman–Crippen LogP) is 3.25. The summed E-state index contributed by atoms with van der Waals surface area (Å²) in [6.45, 7) is 0.451. The van der Waals surface area contributed by atoms with Crippen LogP contribution in [0.25, 0.3) is 10.9 Å². The topological polar surface area (TPSA) is 115 Å². The number of hydrogen-bond acceptors (Lipinski definition) is 5. The third-order valence-electron chi connectivity index (χ3n) is 5.62. The number of aromatic nitrogens is 1. The first-order chi connectivity index (χ1) is 15.3. The second kappa shape index (κ2) is 8.43. The zero-order valence-corrected chi connectivity index (χ0v) is 17.7. The fourth-order valence-electron chi connectivity index (χ4n) is 3.73. The van der Waals surface area contributed by atoms with E-state index >= 15 is 0 Å². The molecule has 0 saturated heterocycles. The normalized spacial score (nSPS) is 13.4. The van der Waals surface area contributed by atoms with Crippen molar-refractivity contribution in [3.05, 3.63) is 69.3 Å². The molecule has 2 aromatic carbocycles. The highest BCUT2D eigenvalue weighted by atomic mass is 19.1. The lowest BCUT2D eigenvalue weighted by atomic mass is 10.1. The molecule has 3 aromatic rings. The molecule has 0 unspecified atom stereocenters. The summed E-state index contributed by atoms with van der Waals surface area (Å²) in [6.07, 6.45) is 2.16. The van der Waals surface area contributed by atoms with E-state index in [9.17, 15) is 23.9 Å². The van der Waals surface area contributed by atoms with E-state index in [-0.39, 0.29) is 11.1 Å². The Labute approximate surface area is 183 Å². The number of amides is 1. The van der Waals surface area contributed by atoms with Crippen LogP contribution >= 0.6 is 0 Å². The van der Waals surface area contributed by atoms with Crippen molar-refractivity contribution in [1.29, 1.82) is 0 Å². The first kappa shape index (κ1) is 21.5. The molecule has 1 saturated carbocycles. The van der Waals surface area contributed by atoms with Gasteiger partial charge in [-0.2, -0.15) is 0 Å². The van der Waals surface area contributed by atoms with Crippen LogP contribution in [0.5, 0.6) is 0 Å². The van der Waals surface area contributed by atoms with Gasteiger partial charge in [0.25, 0.3) is 11.5 Å². The Morgan fingerprint density at radius 1 is 1.19 bits per heavy atom. The van der Waals surface area contributed by atoms with Gasteiger partial charge in [-0.05, 0) is 61.9 Å². The van der Waals surface area contributed by atoms with E-state index in [1.165, 1.54) is 36.4 Å². The van der Waals surface area contributed by atoms with Gasteiger partial charge in [-0.3, -0.25) is 14.5 Å². The number of hydrogen-bond donors (Lipinski definition) is 4. The van der Waals surface area contributed by atoms with Crippen molar-refractivity contribution >= 4 is 34.2 Å².